The van der Waals surface area contributed by atoms with Crippen molar-refractivity contribution in [3.63, 3.8) is 0 Å². The van der Waals surface area contributed by atoms with Crippen LogP contribution < -0.4 is 5.32 Å². The van der Waals surface area contributed by atoms with Gasteiger partial charge in [0.1, 0.15) is 17.3 Å². The van der Waals surface area contributed by atoms with E-state index in [1.165, 1.54) is 6.33 Å². The van der Waals surface area contributed by atoms with Gasteiger partial charge in [0.15, 0.2) is 0 Å². The predicted octanol–water partition coefficient (Wildman–Crippen LogP) is 4.51. The molecule has 0 saturated heterocycles. The molecule has 0 atom stereocenters. The Balaban J connectivity index is 2.37. The Morgan fingerprint density at radius 2 is 2.11 bits per heavy atom. The molecule has 0 radical (unpaired) electrons. The Kier molecular flexibility index (Phi) is 4.19. The molecule has 5 heteroatoms. The third-order valence-corrected chi connectivity index (χ3v) is 3.51. The Morgan fingerprint density at radius 1 is 1.33 bits per heavy atom. The summed E-state index contributed by atoms with van der Waals surface area (Å²) in [4.78, 5) is 8.25. The van der Waals surface area contributed by atoms with Crippen molar-refractivity contribution in [2.75, 3.05) is 5.32 Å². The molecule has 2 aromatic rings. The molecule has 0 spiro atoms. The van der Waals surface area contributed by atoms with Gasteiger partial charge < -0.3 is 5.32 Å². The number of benzene rings is 1. The SMILES string of the molecule is CCc1c(Cl)ncnc1Nc1ccc(Br)cc1C. The van der Waals surface area contributed by atoms with Crippen molar-refractivity contribution < 1.29 is 0 Å². The Labute approximate surface area is 120 Å². The maximum atomic E-state index is 6.06. The summed E-state index contributed by atoms with van der Waals surface area (Å²) < 4.78 is 1.06. The Hall–Kier alpha value is -1.13. The van der Waals surface area contributed by atoms with Gasteiger partial charge in [0.25, 0.3) is 0 Å². The molecule has 0 amide bonds. The first-order valence-corrected chi connectivity index (χ1v) is 6.81. The van der Waals surface area contributed by atoms with Crippen LogP contribution >= 0.6 is 27.5 Å². The largest absolute Gasteiger partial charge is 0.340 e. The average Bonchev–Trinajstić information content (AvgIpc) is 2.33. The second-order valence-electron chi connectivity index (χ2n) is 3.93. The molecule has 0 aliphatic heterocycles. The van der Waals surface area contributed by atoms with Crippen LogP contribution in [0.2, 0.25) is 5.15 Å². The van der Waals surface area contributed by atoms with E-state index in [0.717, 1.165) is 33.5 Å². The molecular formula is C13H13BrClN3. The zero-order valence-corrected chi connectivity index (χ0v) is 12.5. The number of aryl methyl sites for hydroxylation is 1. The topological polar surface area (TPSA) is 37.8 Å². The van der Waals surface area contributed by atoms with E-state index in [4.69, 9.17) is 11.6 Å². The average molecular weight is 327 g/mol. The summed E-state index contributed by atoms with van der Waals surface area (Å²) in [5, 5.41) is 3.81. The van der Waals surface area contributed by atoms with Gasteiger partial charge in [0, 0.05) is 15.7 Å². The number of nitrogens with zero attached hydrogens (tertiary/aromatic N) is 2. The molecule has 0 aliphatic carbocycles. The number of anilines is 2. The summed E-state index contributed by atoms with van der Waals surface area (Å²) in [5.41, 5.74) is 3.09. The number of hydrogen-bond donors (Lipinski definition) is 1. The van der Waals surface area contributed by atoms with Gasteiger partial charge in [0.05, 0.1) is 0 Å². The summed E-state index contributed by atoms with van der Waals surface area (Å²) >= 11 is 9.51. The Bertz CT molecular complexity index is 572. The van der Waals surface area contributed by atoms with Crippen LogP contribution in [0.25, 0.3) is 0 Å². The van der Waals surface area contributed by atoms with Crippen LogP contribution in [-0.4, -0.2) is 9.97 Å². The molecule has 0 fully saturated rings. The highest BCUT2D eigenvalue weighted by atomic mass is 79.9. The lowest BCUT2D eigenvalue weighted by molar-refractivity contribution is 1.05. The molecule has 0 aliphatic rings. The Morgan fingerprint density at radius 3 is 2.78 bits per heavy atom. The van der Waals surface area contributed by atoms with E-state index >= 15 is 0 Å². The van der Waals surface area contributed by atoms with Crippen LogP contribution in [0.4, 0.5) is 11.5 Å². The third kappa shape index (κ3) is 2.82. The summed E-state index contributed by atoms with van der Waals surface area (Å²) in [6.07, 6.45) is 2.26. The second kappa shape index (κ2) is 5.67. The zero-order chi connectivity index (χ0) is 13.1. The number of hydrogen-bond acceptors (Lipinski definition) is 3. The summed E-state index contributed by atoms with van der Waals surface area (Å²) in [6.45, 7) is 4.08. The maximum Gasteiger partial charge on any atom is 0.138 e. The van der Waals surface area contributed by atoms with Gasteiger partial charge in [-0.1, -0.05) is 34.5 Å². The highest BCUT2D eigenvalue weighted by molar-refractivity contribution is 9.10. The minimum Gasteiger partial charge on any atom is -0.340 e. The molecule has 1 heterocycles. The number of nitrogens with one attached hydrogen (secondary N) is 1. The lowest BCUT2D eigenvalue weighted by atomic mass is 10.2. The van der Waals surface area contributed by atoms with E-state index in [2.05, 4.69) is 37.3 Å². The molecule has 18 heavy (non-hydrogen) atoms. The minimum atomic E-state index is 0.504. The van der Waals surface area contributed by atoms with E-state index in [-0.39, 0.29) is 0 Å². The number of rotatable bonds is 3. The third-order valence-electron chi connectivity index (χ3n) is 2.69. The van der Waals surface area contributed by atoms with Crippen LogP contribution in [0.5, 0.6) is 0 Å². The van der Waals surface area contributed by atoms with Crippen molar-refractivity contribution in [2.24, 2.45) is 0 Å². The van der Waals surface area contributed by atoms with Gasteiger partial charge in [0.2, 0.25) is 0 Å². The molecule has 0 bridgehead atoms. The summed E-state index contributed by atoms with van der Waals surface area (Å²) in [5.74, 6) is 0.767. The van der Waals surface area contributed by atoms with Crippen molar-refractivity contribution in [3.8, 4) is 0 Å². The molecule has 3 nitrogen and oxygen atoms in total. The molecule has 0 unspecified atom stereocenters. The fraction of sp³-hybridized carbons (Fsp3) is 0.231. The lowest BCUT2D eigenvalue weighted by Gasteiger charge is -2.12. The minimum absolute atomic E-state index is 0.504. The van der Waals surface area contributed by atoms with Crippen LogP contribution in [0.1, 0.15) is 18.1 Å². The first-order chi connectivity index (χ1) is 8.61. The zero-order valence-electron chi connectivity index (χ0n) is 10.2. The smallest absolute Gasteiger partial charge is 0.138 e. The van der Waals surface area contributed by atoms with Gasteiger partial charge in [-0.2, -0.15) is 0 Å². The van der Waals surface area contributed by atoms with Crippen LogP contribution in [-0.2, 0) is 6.42 Å². The molecular weight excluding hydrogens is 314 g/mol. The monoisotopic (exact) mass is 325 g/mol. The van der Waals surface area contributed by atoms with Crippen LogP contribution in [0.3, 0.4) is 0 Å². The molecule has 2 rings (SSSR count). The van der Waals surface area contributed by atoms with Gasteiger partial charge in [-0.15, -0.1) is 0 Å². The van der Waals surface area contributed by atoms with Crippen molar-refractivity contribution >= 4 is 39.0 Å². The van der Waals surface area contributed by atoms with Gasteiger partial charge in [-0.3, -0.25) is 0 Å². The highest BCUT2D eigenvalue weighted by Gasteiger charge is 2.09. The van der Waals surface area contributed by atoms with Gasteiger partial charge in [-0.05, 0) is 37.1 Å². The summed E-state index contributed by atoms with van der Waals surface area (Å²) in [7, 11) is 0. The van der Waals surface area contributed by atoms with Crippen LogP contribution in [0, 0.1) is 6.92 Å². The van der Waals surface area contributed by atoms with Gasteiger partial charge >= 0.3 is 0 Å². The molecule has 94 valence electrons. The van der Waals surface area contributed by atoms with Crippen molar-refractivity contribution in [2.45, 2.75) is 20.3 Å². The first-order valence-electron chi connectivity index (χ1n) is 5.64. The molecule has 1 N–H and O–H groups in total. The predicted molar refractivity (Wildman–Crippen MR) is 78.6 cm³/mol. The van der Waals surface area contributed by atoms with Crippen LogP contribution in [0.15, 0.2) is 29.0 Å². The molecule has 0 saturated carbocycles. The van der Waals surface area contributed by atoms with Gasteiger partial charge in [-0.25, -0.2) is 9.97 Å². The summed E-state index contributed by atoms with van der Waals surface area (Å²) in [6, 6.07) is 6.05. The van der Waals surface area contributed by atoms with E-state index in [1.54, 1.807) is 0 Å². The first kappa shape index (κ1) is 13.3. The standard InChI is InChI=1S/C13H13BrClN3/c1-3-10-12(15)16-7-17-13(10)18-11-5-4-9(14)6-8(11)2/h4-7H,3H2,1-2H3,(H,16,17,18). The number of halogens is 2. The van der Waals surface area contributed by atoms with E-state index in [9.17, 15) is 0 Å². The van der Waals surface area contributed by atoms with Crippen molar-refractivity contribution in [1.29, 1.82) is 0 Å². The van der Waals surface area contributed by atoms with E-state index in [0.29, 0.717) is 5.15 Å². The van der Waals surface area contributed by atoms with Crippen molar-refractivity contribution in [1.82, 2.24) is 9.97 Å². The molecule has 1 aromatic carbocycles. The quantitative estimate of drug-likeness (QED) is 0.843. The fourth-order valence-corrected chi connectivity index (χ4v) is 2.45. The molecule has 1 aromatic heterocycles. The van der Waals surface area contributed by atoms with Crippen molar-refractivity contribution in [3.05, 3.63) is 45.3 Å². The number of aromatic nitrogens is 2. The fourth-order valence-electron chi connectivity index (χ4n) is 1.71. The maximum absolute atomic E-state index is 6.06. The second-order valence-corrected chi connectivity index (χ2v) is 5.20. The highest BCUT2D eigenvalue weighted by Crippen LogP contribution is 2.27. The van der Waals surface area contributed by atoms with E-state index in [1.807, 2.05) is 26.0 Å². The van der Waals surface area contributed by atoms with E-state index < -0.39 is 0 Å². The normalized spacial score (nSPS) is 10.4. The lowest BCUT2D eigenvalue weighted by Crippen LogP contribution is -2.01.